The summed E-state index contributed by atoms with van der Waals surface area (Å²) in [6.45, 7) is -1.66. The highest BCUT2D eigenvalue weighted by Gasteiger charge is 2.47. The summed E-state index contributed by atoms with van der Waals surface area (Å²) < 4.78 is 42.0. The molecule has 1 fully saturated rings. The summed E-state index contributed by atoms with van der Waals surface area (Å²) in [7, 11) is 1.14. The first-order valence-corrected chi connectivity index (χ1v) is 6.37. The Morgan fingerprint density at radius 3 is 2.30 bits per heavy atom. The molecule has 8 heteroatoms. The number of esters is 1. The van der Waals surface area contributed by atoms with Crippen molar-refractivity contribution in [2.75, 3.05) is 26.7 Å². The summed E-state index contributed by atoms with van der Waals surface area (Å²) in [4.78, 5) is 24.0. The molecule has 0 heterocycles. The van der Waals surface area contributed by atoms with Gasteiger partial charge in [-0.15, -0.1) is 0 Å². The number of halogens is 3. The lowest BCUT2D eigenvalue weighted by atomic mass is 9.68. The fraction of sp³-hybridized carbons (Fsp3) is 0.833. The third kappa shape index (κ3) is 4.09. The van der Waals surface area contributed by atoms with E-state index in [1.165, 1.54) is 0 Å². The fourth-order valence-electron chi connectivity index (χ4n) is 2.24. The zero-order chi connectivity index (χ0) is 15.4. The maximum atomic E-state index is 12.5. The Hall–Kier alpha value is -1.31. The molecular formula is C12H19F3N2O3. The summed E-state index contributed by atoms with van der Waals surface area (Å²) in [6, 6.07) is 0. The van der Waals surface area contributed by atoms with Gasteiger partial charge < -0.3 is 15.4 Å². The van der Waals surface area contributed by atoms with Crippen LogP contribution >= 0.6 is 0 Å². The van der Waals surface area contributed by atoms with E-state index in [0.29, 0.717) is 17.7 Å². The Morgan fingerprint density at radius 2 is 1.95 bits per heavy atom. The zero-order valence-corrected chi connectivity index (χ0v) is 11.3. The number of nitrogens with zero attached hydrogens (tertiary/aromatic N) is 1. The number of nitrogens with two attached hydrogens (primary N) is 1. The minimum absolute atomic E-state index is 0.0262. The molecule has 1 aliphatic rings. The molecule has 0 unspecified atom stereocenters. The monoisotopic (exact) mass is 296 g/mol. The van der Waals surface area contributed by atoms with E-state index in [4.69, 9.17) is 5.73 Å². The van der Waals surface area contributed by atoms with E-state index in [2.05, 4.69) is 4.74 Å². The highest BCUT2D eigenvalue weighted by molar-refractivity contribution is 5.84. The number of rotatable bonds is 6. The van der Waals surface area contributed by atoms with Crippen molar-refractivity contribution >= 4 is 11.9 Å². The number of ether oxygens (including phenoxy) is 1. The minimum Gasteiger partial charge on any atom is -0.469 e. The van der Waals surface area contributed by atoms with Crippen LogP contribution in [0.2, 0.25) is 0 Å². The Bertz CT molecular complexity index is 362. The van der Waals surface area contributed by atoms with E-state index >= 15 is 0 Å². The van der Waals surface area contributed by atoms with Crippen LogP contribution in [-0.2, 0) is 14.3 Å². The highest BCUT2D eigenvalue weighted by Crippen LogP contribution is 2.42. The maximum absolute atomic E-state index is 12.5. The Labute approximate surface area is 115 Å². The molecule has 0 atom stereocenters. The first-order valence-electron chi connectivity index (χ1n) is 6.37. The molecule has 116 valence electrons. The van der Waals surface area contributed by atoms with Gasteiger partial charge in [0.2, 0.25) is 5.91 Å². The van der Waals surface area contributed by atoms with Crippen LogP contribution < -0.4 is 5.73 Å². The lowest BCUT2D eigenvalue weighted by Gasteiger charge is -2.42. The number of alkyl halides is 3. The van der Waals surface area contributed by atoms with Crippen LogP contribution in [0, 0.1) is 5.41 Å². The topological polar surface area (TPSA) is 72.6 Å². The maximum Gasteiger partial charge on any atom is 0.406 e. The molecule has 20 heavy (non-hydrogen) atoms. The summed E-state index contributed by atoms with van der Waals surface area (Å²) >= 11 is 0. The molecule has 1 saturated carbocycles. The molecule has 0 aromatic heterocycles. The summed E-state index contributed by atoms with van der Waals surface area (Å²) in [5.41, 5.74) is 4.65. The SMILES string of the molecule is COC(=O)CCN(CC(F)(F)F)C(=O)C1(CN)CCC1. The number of carbonyl (C=O) groups excluding carboxylic acids is 2. The van der Waals surface area contributed by atoms with Gasteiger partial charge in [0.1, 0.15) is 6.54 Å². The van der Waals surface area contributed by atoms with Gasteiger partial charge in [-0.2, -0.15) is 13.2 Å². The van der Waals surface area contributed by atoms with Gasteiger partial charge in [0, 0.05) is 13.1 Å². The van der Waals surface area contributed by atoms with E-state index < -0.39 is 30.0 Å². The van der Waals surface area contributed by atoms with Gasteiger partial charge in [-0.25, -0.2) is 0 Å². The molecule has 1 aliphatic carbocycles. The molecule has 5 nitrogen and oxygen atoms in total. The molecule has 1 rings (SSSR count). The smallest absolute Gasteiger partial charge is 0.406 e. The lowest BCUT2D eigenvalue weighted by Crippen LogP contribution is -2.54. The number of methoxy groups -OCH3 is 1. The first-order chi connectivity index (χ1) is 9.24. The molecule has 0 spiro atoms. The minimum atomic E-state index is -4.51. The normalized spacial score (nSPS) is 17.2. The van der Waals surface area contributed by atoms with Gasteiger partial charge in [-0.05, 0) is 12.8 Å². The van der Waals surface area contributed by atoms with Crippen LogP contribution in [0.4, 0.5) is 13.2 Å². The van der Waals surface area contributed by atoms with Crippen LogP contribution in [0.3, 0.4) is 0 Å². The van der Waals surface area contributed by atoms with Crippen molar-refractivity contribution in [2.24, 2.45) is 11.1 Å². The molecule has 1 amide bonds. The Kier molecular flexibility index (Phi) is 5.38. The van der Waals surface area contributed by atoms with E-state index in [1.54, 1.807) is 0 Å². The van der Waals surface area contributed by atoms with Crippen molar-refractivity contribution in [3.05, 3.63) is 0 Å². The second-order valence-corrected chi connectivity index (χ2v) is 5.01. The van der Waals surface area contributed by atoms with E-state index in [9.17, 15) is 22.8 Å². The predicted octanol–water partition coefficient (Wildman–Crippen LogP) is 1.07. The predicted molar refractivity (Wildman–Crippen MR) is 64.6 cm³/mol. The van der Waals surface area contributed by atoms with Gasteiger partial charge in [-0.1, -0.05) is 6.42 Å². The Morgan fingerprint density at radius 1 is 1.35 bits per heavy atom. The lowest BCUT2D eigenvalue weighted by molar-refractivity contribution is -0.171. The summed E-state index contributed by atoms with van der Waals surface area (Å²) in [6.07, 6.45) is -3.01. The van der Waals surface area contributed by atoms with Crippen molar-refractivity contribution in [3.63, 3.8) is 0 Å². The Balaban J connectivity index is 2.75. The quantitative estimate of drug-likeness (QED) is 0.744. The van der Waals surface area contributed by atoms with Gasteiger partial charge in [0.25, 0.3) is 0 Å². The average molecular weight is 296 g/mol. The van der Waals surface area contributed by atoms with Gasteiger partial charge >= 0.3 is 12.1 Å². The molecule has 0 saturated heterocycles. The van der Waals surface area contributed by atoms with Gasteiger partial charge in [-0.3, -0.25) is 9.59 Å². The number of hydrogen-bond acceptors (Lipinski definition) is 4. The molecular weight excluding hydrogens is 277 g/mol. The summed E-state index contributed by atoms with van der Waals surface area (Å²) in [5, 5.41) is 0. The van der Waals surface area contributed by atoms with Crippen molar-refractivity contribution < 1.29 is 27.5 Å². The molecule has 0 aromatic carbocycles. The third-order valence-corrected chi connectivity index (χ3v) is 3.63. The van der Waals surface area contributed by atoms with E-state index in [-0.39, 0.29) is 19.5 Å². The first kappa shape index (κ1) is 16.7. The second kappa shape index (κ2) is 6.43. The van der Waals surface area contributed by atoms with Gasteiger partial charge in [0.05, 0.1) is 18.9 Å². The summed E-state index contributed by atoms with van der Waals surface area (Å²) in [5.74, 6) is -1.27. The number of carbonyl (C=O) groups is 2. The van der Waals surface area contributed by atoms with Crippen LogP contribution in [-0.4, -0.2) is 49.7 Å². The average Bonchev–Trinajstić information content (AvgIpc) is 2.31. The van der Waals surface area contributed by atoms with E-state index in [0.717, 1.165) is 13.5 Å². The van der Waals surface area contributed by atoms with Crippen LogP contribution in [0.15, 0.2) is 0 Å². The van der Waals surface area contributed by atoms with Crippen molar-refractivity contribution in [1.82, 2.24) is 4.90 Å². The van der Waals surface area contributed by atoms with Crippen LogP contribution in [0.5, 0.6) is 0 Å². The van der Waals surface area contributed by atoms with Crippen LogP contribution in [0.1, 0.15) is 25.7 Å². The zero-order valence-electron chi connectivity index (χ0n) is 11.3. The second-order valence-electron chi connectivity index (χ2n) is 5.01. The standard InChI is InChI=1S/C12H19F3N2O3/c1-20-9(18)3-6-17(8-12(13,14)15)10(19)11(7-16)4-2-5-11/h2-8,16H2,1H3. The van der Waals surface area contributed by atoms with Crippen molar-refractivity contribution in [2.45, 2.75) is 31.9 Å². The fourth-order valence-corrected chi connectivity index (χ4v) is 2.24. The third-order valence-electron chi connectivity index (χ3n) is 3.63. The van der Waals surface area contributed by atoms with Crippen LogP contribution in [0.25, 0.3) is 0 Å². The van der Waals surface area contributed by atoms with Crippen molar-refractivity contribution in [3.8, 4) is 0 Å². The molecule has 0 aliphatic heterocycles. The number of amides is 1. The molecule has 0 bridgehead atoms. The van der Waals surface area contributed by atoms with Gasteiger partial charge in [0.15, 0.2) is 0 Å². The molecule has 0 radical (unpaired) electrons. The molecule has 0 aromatic rings. The largest absolute Gasteiger partial charge is 0.469 e. The highest BCUT2D eigenvalue weighted by atomic mass is 19.4. The van der Waals surface area contributed by atoms with Crippen molar-refractivity contribution in [1.29, 1.82) is 0 Å². The number of hydrogen-bond donors (Lipinski definition) is 1. The molecule has 2 N–H and O–H groups in total. The van der Waals surface area contributed by atoms with E-state index in [1.807, 2.05) is 0 Å².